The summed E-state index contributed by atoms with van der Waals surface area (Å²) in [6.45, 7) is 14.5. The number of hydrogen-bond acceptors (Lipinski definition) is 5. The Morgan fingerprint density at radius 3 is 2.36 bits per heavy atom. The van der Waals surface area contributed by atoms with Crippen molar-refractivity contribution in [3.63, 3.8) is 0 Å². The Balaban J connectivity index is 1.35. The number of nitrogens with zero attached hydrogens (tertiary/aromatic N) is 2. The third-order valence-corrected chi connectivity index (χ3v) is 13.0. The molecule has 0 aromatic heterocycles. The molecule has 0 aromatic carbocycles. The van der Waals surface area contributed by atoms with Crippen molar-refractivity contribution in [1.29, 1.82) is 0 Å². The highest BCUT2D eigenvalue weighted by Gasteiger charge is 2.61. The molecule has 0 bridgehead atoms. The maximum atomic E-state index is 13.8. The minimum absolute atomic E-state index is 0.0334. The first-order valence-corrected chi connectivity index (χ1v) is 17.7. The van der Waals surface area contributed by atoms with Crippen LogP contribution < -0.4 is 16.0 Å². The minimum Gasteiger partial charge on any atom is -0.338 e. The number of urea groups is 1. The van der Waals surface area contributed by atoms with Gasteiger partial charge in [-0.2, -0.15) is 0 Å². The Labute approximate surface area is 258 Å². The number of nitrogens with one attached hydrogen (secondary N) is 3. The van der Waals surface area contributed by atoms with Crippen molar-refractivity contribution in [2.45, 2.75) is 98.3 Å². The van der Waals surface area contributed by atoms with Gasteiger partial charge in [0.05, 0.1) is 0 Å². The second-order valence-electron chi connectivity index (χ2n) is 15.4. The molecule has 42 heavy (non-hydrogen) atoms. The van der Waals surface area contributed by atoms with Crippen LogP contribution in [-0.2, 0) is 4.79 Å². The fourth-order valence-corrected chi connectivity index (χ4v) is 10.6. The molecule has 0 aromatic rings. The molecular formula is C35H65N5O2. The van der Waals surface area contributed by atoms with Crippen molar-refractivity contribution in [3.8, 4) is 0 Å². The summed E-state index contributed by atoms with van der Waals surface area (Å²) >= 11 is 0. The summed E-state index contributed by atoms with van der Waals surface area (Å²) in [6.07, 6.45) is 14.3. The van der Waals surface area contributed by atoms with Gasteiger partial charge in [0.15, 0.2) is 0 Å². The van der Waals surface area contributed by atoms with Gasteiger partial charge in [0.25, 0.3) is 0 Å². The lowest BCUT2D eigenvalue weighted by Crippen LogP contribution is -2.54. The van der Waals surface area contributed by atoms with Gasteiger partial charge in [0.1, 0.15) is 0 Å². The maximum Gasteiger partial charge on any atom is 0.324 e. The van der Waals surface area contributed by atoms with Crippen molar-refractivity contribution in [3.05, 3.63) is 0 Å². The smallest absolute Gasteiger partial charge is 0.324 e. The average molecular weight is 588 g/mol. The van der Waals surface area contributed by atoms with Crippen LogP contribution in [0.1, 0.15) is 98.3 Å². The van der Waals surface area contributed by atoms with Crippen molar-refractivity contribution < 1.29 is 9.59 Å². The molecule has 0 radical (unpaired) electrons. The molecule has 3 amide bonds. The van der Waals surface area contributed by atoms with Crippen molar-refractivity contribution in [2.24, 2.45) is 52.3 Å². The van der Waals surface area contributed by atoms with Gasteiger partial charge in [0, 0.05) is 32.1 Å². The Bertz CT molecular complexity index is 897. The van der Waals surface area contributed by atoms with Crippen LogP contribution in [0, 0.1) is 52.3 Å². The lowest BCUT2D eigenvalue weighted by molar-refractivity contribution is -0.140. The molecule has 0 saturated heterocycles. The Kier molecular flexibility index (Phi) is 11.8. The number of hydrogen-bond donors (Lipinski definition) is 3. The zero-order valence-corrected chi connectivity index (χ0v) is 28.3. The van der Waals surface area contributed by atoms with Crippen LogP contribution in [0.4, 0.5) is 4.79 Å². The molecule has 4 rings (SSSR count). The Morgan fingerprint density at radius 1 is 0.905 bits per heavy atom. The molecule has 7 heteroatoms. The molecule has 9 atom stereocenters. The van der Waals surface area contributed by atoms with E-state index in [-0.39, 0.29) is 23.3 Å². The molecule has 7 nitrogen and oxygen atoms in total. The summed E-state index contributed by atoms with van der Waals surface area (Å²) in [5.74, 6) is 4.50. The van der Waals surface area contributed by atoms with Crippen LogP contribution in [-0.4, -0.2) is 82.1 Å². The molecule has 4 saturated carbocycles. The van der Waals surface area contributed by atoms with E-state index in [4.69, 9.17) is 0 Å². The van der Waals surface area contributed by atoms with E-state index in [0.717, 1.165) is 68.6 Å². The van der Waals surface area contributed by atoms with Crippen LogP contribution in [0.25, 0.3) is 0 Å². The van der Waals surface area contributed by atoms with Gasteiger partial charge in [-0.3, -0.25) is 9.69 Å². The van der Waals surface area contributed by atoms with E-state index in [1.165, 1.54) is 62.7 Å². The van der Waals surface area contributed by atoms with Gasteiger partial charge < -0.3 is 20.9 Å². The van der Waals surface area contributed by atoms with Gasteiger partial charge in [-0.05, 0) is 158 Å². The molecule has 3 N–H and O–H groups in total. The number of carbonyl (C=O) groups is 2. The molecule has 242 valence electrons. The molecule has 4 aliphatic rings. The molecular weight excluding hydrogens is 522 g/mol. The van der Waals surface area contributed by atoms with E-state index in [9.17, 15) is 9.59 Å². The van der Waals surface area contributed by atoms with Gasteiger partial charge in [-0.15, -0.1) is 0 Å². The second-order valence-corrected chi connectivity index (χ2v) is 15.4. The van der Waals surface area contributed by atoms with E-state index in [0.29, 0.717) is 24.4 Å². The molecule has 7 unspecified atom stereocenters. The first-order valence-electron chi connectivity index (χ1n) is 17.7. The lowest BCUT2D eigenvalue weighted by Gasteiger charge is -2.61. The zero-order valence-electron chi connectivity index (χ0n) is 28.3. The topological polar surface area (TPSA) is 76.7 Å². The van der Waals surface area contributed by atoms with Gasteiger partial charge >= 0.3 is 6.03 Å². The molecule has 4 fully saturated rings. The van der Waals surface area contributed by atoms with Gasteiger partial charge in [-0.1, -0.05) is 20.8 Å². The highest BCUT2D eigenvalue weighted by molar-refractivity contribution is 5.95. The highest BCUT2D eigenvalue weighted by atomic mass is 16.2. The average Bonchev–Trinajstić information content (AvgIpc) is 3.32. The number of likely N-dealkylation sites (N-methyl/N-ethyl adjacent to an activating group) is 1. The fraction of sp³-hybridized carbons (Fsp3) is 0.943. The molecule has 0 heterocycles. The third-order valence-electron chi connectivity index (χ3n) is 13.0. The summed E-state index contributed by atoms with van der Waals surface area (Å²) in [6, 6.07) is -0.216. The minimum atomic E-state index is -0.216. The Hall–Kier alpha value is -1.18. The normalized spacial score (nSPS) is 36.6. The molecule has 4 aliphatic carbocycles. The standard InChI is InChI=1S/C35H65N5O2/c1-8-40(33(42)38-19-9-23-39(6)7)32(41)25(2)29-12-13-30-28-11-10-27-24-26(16-20-37-22-21-36-5)14-17-34(27,3)31(28)15-18-35(29,30)4/h25-31,36-37H,8-24H2,1-7H3,(H,38,42)/t25?,26?,27?,28?,29?,30?,31?,34-,35+/m0/s1. The van der Waals surface area contributed by atoms with E-state index in [1.807, 2.05) is 28.1 Å². The fourth-order valence-electron chi connectivity index (χ4n) is 10.6. The molecule has 0 aliphatic heterocycles. The Morgan fingerprint density at radius 2 is 1.64 bits per heavy atom. The van der Waals surface area contributed by atoms with E-state index < -0.39 is 0 Å². The first kappa shape index (κ1) is 33.7. The summed E-state index contributed by atoms with van der Waals surface area (Å²) < 4.78 is 0. The highest BCUT2D eigenvalue weighted by Crippen LogP contribution is 2.68. The third kappa shape index (κ3) is 7.04. The first-order chi connectivity index (χ1) is 20.1. The van der Waals surface area contributed by atoms with Crippen LogP contribution in [0.3, 0.4) is 0 Å². The predicted octanol–water partition coefficient (Wildman–Crippen LogP) is 5.61. The van der Waals surface area contributed by atoms with E-state index in [2.05, 4.69) is 41.6 Å². The SMILES string of the molecule is CCN(C(=O)NCCCN(C)C)C(=O)C(C)C1CCC2C3CCC4CC(CCNCCNC)CC[C@]4(C)C3CC[C@]12C. The predicted molar refractivity (Wildman–Crippen MR) is 173 cm³/mol. The van der Waals surface area contributed by atoms with Crippen LogP contribution in [0.2, 0.25) is 0 Å². The number of rotatable bonds is 13. The monoisotopic (exact) mass is 588 g/mol. The van der Waals surface area contributed by atoms with Crippen LogP contribution in [0.15, 0.2) is 0 Å². The summed E-state index contributed by atoms with van der Waals surface area (Å²) in [7, 11) is 6.10. The second kappa shape index (κ2) is 14.7. The number of amides is 3. The van der Waals surface area contributed by atoms with E-state index in [1.54, 1.807) is 0 Å². The van der Waals surface area contributed by atoms with Crippen molar-refractivity contribution >= 4 is 11.9 Å². The number of carbonyl (C=O) groups excluding carboxylic acids is 2. The maximum absolute atomic E-state index is 13.8. The quantitative estimate of drug-likeness (QED) is 0.244. The van der Waals surface area contributed by atoms with Crippen LogP contribution >= 0.6 is 0 Å². The van der Waals surface area contributed by atoms with Gasteiger partial charge in [-0.25, -0.2) is 4.79 Å². The number of fused-ring (bicyclic) bond motifs is 5. The summed E-state index contributed by atoms with van der Waals surface area (Å²) in [5.41, 5.74) is 0.723. The number of imide groups is 1. The van der Waals surface area contributed by atoms with Gasteiger partial charge in [0.2, 0.25) is 5.91 Å². The summed E-state index contributed by atoms with van der Waals surface area (Å²) in [5, 5.41) is 9.87. The molecule has 0 spiro atoms. The van der Waals surface area contributed by atoms with Crippen LogP contribution in [0.5, 0.6) is 0 Å². The summed E-state index contributed by atoms with van der Waals surface area (Å²) in [4.78, 5) is 30.4. The van der Waals surface area contributed by atoms with Crippen molar-refractivity contribution in [1.82, 2.24) is 25.8 Å². The largest absolute Gasteiger partial charge is 0.338 e. The van der Waals surface area contributed by atoms with Crippen molar-refractivity contribution in [2.75, 3.05) is 60.4 Å². The lowest BCUT2D eigenvalue weighted by atomic mass is 9.44. The van der Waals surface area contributed by atoms with E-state index >= 15 is 0 Å². The zero-order chi connectivity index (χ0) is 30.5.